The van der Waals surface area contributed by atoms with E-state index < -0.39 is 0 Å². The van der Waals surface area contributed by atoms with Crippen molar-refractivity contribution in [1.82, 2.24) is 0 Å². The summed E-state index contributed by atoms with van der Waals surface area (Å²) < 4.78 is 0. The van der Waals surface area contributed by atoms with Crippen molar-refractivity contribution >= 4 is 6.21 Å². The standard InChI is InChI=1S/C15H18N2/c1-12-3-2-4-14(9-12)11-17-15-7-5-13(10-16)6-8-15/h2-4,9,11,13,15H,5-8H2,1H3. The molecular weight excluding hydrogens is 208 g/mol. The van der Waals surface area contributed by atoms with Gasteiger partial charge in [0.15, 0.2) is 0 Å². The highest BCUT2D eigenvalue weighted by Crippen LogP contribution is 2.25. The number of hydrogen-bond acceptors (Lipinski definition) is 2. The van der Waals surface area contributed by atoms with Crippen LogP contribution >= 0.6 is 0 Å². The van der Waals surface area contributed by atoms with Crippen LogP contribution in [0, 0.1) is 24.2 Å². The first kappa shape index (κ1) is 11.9. The second-order valence-electron chi connectivity index (χ2n) is 4.83. The zero-order valence-electron chi connectivity index (χ0n) is 10.3. The summed E-state index contributed by atoms with van der Waals surface area (Å²) in [6.45, 7) is 2.09. The van der Waals surface area contributed by atoms with Gasteiger partial charge in [-0.15, -0.1) is 0 Å². The lowest BCUT2D eigenvalue weighted by molar-refractivity contribution is 0.384. The van der Waals surface area contributed by atoms with E-state index in [1.54, 1.807) is 0 Å². The molecule has 0 unspecified atom stereocenters. The molecule has 0 aliphatic heterocycles. The Balaban J connectivity index is 1.92. The fraction of sp³-hybridized carbons (Fsp3) is 0.467. The normalized spacial score (nSPS) is 24.7. The number of rotatable bonds is 2. The predicted octanol–water partition coefficient (Wildman–Crippen LogP) is 3.50. The molecule has 1 fully saturated rings. The highest BCUT2D eigenvalue weighted by Gasteiger charge is 2.19. The minimum absolute atomic E-state index is 0.264. The summed E-state index contributed by atoms with van der Waals surface area (Å²) in [6.07, 6.45) is 6.10. The molecule has 0 heterocycles. The van der Waals surface area contributed by atoms with E-state index >= 15 is 0 Å². The quantitative estimate of drug-likeness (QED) is 0.711. The largest absolute Gasteiger partial charge is 0.289 e. The van der Waals surface area contributed by atoms with E-state index in [0.29, 0.717) is 6.04 Å². The summed E-state index contributed by atoms with van der Waals surface area (Å²) in [6, 6.07) is 11.1. The average Bonchev–Trinajstić information content (AvgIpc) is 2.37. The van der Waals surface area contributed by atoms with E-state index in [2.05, 4.69) is 42.3 Å². The zero-order chi connectivity index (χ0) is 12.1. The summed E-state index contributed by atoms with van der Waals surface area (Å²) in [5.41, 5.74) is 2.44. The lowest BCUT2D eigenvalue weighted by Crippen LogP contribution is -2.16. The van der Waals surface area contributed by atoms with Crippen LogP contribution in [0.2, 0.25) is 0 Å². The van der Waals surface area contributed by atoms with E-state index in [-0.39, 0.29) is 5.92 Å². The van der Waals surface area contributed by atoms with E-state index in [1.807, 2.05) is 6.21 Å². The van der Waals surface area contributed by atoms with Crippen molar-refractivity contribution in [2.75, 3.05) is 0 Å². The van der Waals surface area contributed by atoms with Crippen molar-refractivity contribution in [1.29, 1.82) is 5.26 Å². The van der Waals surface area contributed by atoms with E-state index in [1.165, 1.54) is 11.1 Å². The van der Waals surface area contributed by atoms with Gasteiger partial charge in [-0.3, -0.25) is 4.99 Å². The summed E-state index contributed by atoms with van der Waals surface area (Å²) in [5, 5.41) is 8.83. The van der Waals surface area contributed by atoms with Gasteiger partial charge in [0, 0.05) is 12.1 Å². The number of aliphatic imine (C=N–C) groups is 1. The molecule has 0 radical (unpaired) electrons. The highest BCUT2D eigenvalue weighted by atomic mass is 14.8. The third-order valence-corrected chi connectivity index (χ3v) is 3.36. The first-order chi connectivity index (χ1) is 8.28. The van der Waals surface area contributed by atoms with E-state index in [0.717, 1.165) is 25.7 Å². The van der Waals surface area contributed by atoms with Crippen LogP contribution < -0.4 is 0 Å². The molecule has 1 aromatic carbocycles. The Morgan fingerprint density at radius 2 is 2.06 bits per heavy atom. The lowest BCUT2D eigenvalue weighted by atomic mass is 9.87. The molecule has 88 valence electrons. The maximum absolute atomic E-state index is 8.83. The Morgan fingerprint density at radius 3 is 2.71 bits per heavy atom. The summed E-state index contributed by atoms with van der Waals surface area (Å²) in [4.78, 5) is 4.63. The summed E-state index contributed by atoms with van der Waals surface area (Å²) in [7, 11) is 0. The molecule has 0 aromatic heterocycles. The van der Waals surface area contributed by atoms with Gasteiger partial charge < -0.3 is 0 Å². The first-order valence-electron chi connectivity index (χ1n) is 6.27. The van der Waals surface area contributed by atoms with Crippen LogP contribution in [0.5, 0.6) is 0 Å². The second-order valence-corrected chi connectivity index (χ2v) is 4.83. The number of nitriles is 1. The molecule has 0 bridgehead atoms. The van der Waals surface area contributed by atoms with Gasteiger partial charge in [0.2, 0.25) is 0 Å². The SMILES string of the molecule is Cc1cccc(C=NC2CCC(C#N)CC2)c1. The average molecular weight is 226 g/mol. The molecule has 1 aromatic rings. The maximum Gasteiger partial charge on any atom is 0.0655 e. The van der Waals surface area contributed by atoms with Crippen LogP contribution in [-0.2, 0) is 0 Å². The molecule has 0 N–H and O–H groups in total. The van der Waals surface area contributed by atoms with Gasteiger partial charge in [-0.1, -0.05) is 29.8 Å². The summed E-state index contributed by atoms with van der Waals surface area (Å²) >= 11 is 0. The van der Waals surface area contributed by atoms with E-state index in [9.17, 15) is 0 Å². The molecule has 1 saturated carbocycles. The molecule has 2 heteroatoms. The first-order valence-corrected chi connectivity index (χ1v) is 6.27. The van der Waals surface area contributed by atoms with Crippen LogP contribution in [0.25, 0.3) is 0 Å². The summed E-state index contributed by atoms with van der Waals surface area (Å²) in [5.74, 6) is 0.264. The molecule has 0 spiro atoms. The molecule has 0 amide bonds. The number of nitrogens with zero attached hydrogens (tertiary/aromatic N) is 2. The topological polar surface area (TPSA) is 36.1 Å². The number of benzene rings is 1. The fourth-order valence-electron chi connectivity index (χ4n) is 2.30. The van der Waals surface area contributed by atoms with Crippen molar-refractivity contribution < 1.29 is 0 Å². The van der Waals surface area contributed by atoms with Crippen LogP contribution in [0.1, 0.15) is 36.8 Å². The van der Waals surface area contributed by atoms with Crippen LogP contribution in [-0.4, -0.2) is 12.3 Å². The Kier molecular flexibility index (Phi) is 3.93. The minimum Gasteiger partial charge on any atom is -0.289 e. The number of hydrogen-bond donors (Lipinski definition) is 0. The Labute approximate surface area is 103 Å². The van der Waals surface area contributed by atoms with Crippen molar-refractivity contribution in [2.24, 2.45) is 10.9 Å². The van der Waals surface area contributed by atoms with Crippen molar-refractivity contribution in [3.05, 3.63) is 35.4 Å². The van der Waals surface area contributed by atoms with Gasteiger partial charge in [0.1, 0.15) is 0 Å². The molecule has 0 saturated heterocycles. The Morgan fingerprint density at radius 1 is 1.29 bits per heavy atom. The Hall–Kier alpha value is -1.62. The lowest BCUT2D eigenvalue weighted by Gasteiger charge is -2.21. The second kappa shape index (κ2) is 5.63. The smallest absolute Gasteiger partial charge is 0.0655 e. The third-order valence-electron chi connectivity index (χ3n) is 3.36. The molecule has 2 rings (SSSR count). The molecular formula is C15H18N2. The van der Waals surface area contributed by atoms with Gasteiger partial charge in [0.05, 0.1) is 12.1 Å². The van der Waals surface area contributed by atoms with Gasteiger partial charge in [0.25, 0.3) is 0 Å². The Bertz CT molecular complexity index is 434. The molecule has 1 aliphatic carbocycles. The van der Waals surface area contributed by atoms with Crippen molar-refractivity contribution in [3.8, 4) is 6.07 Å². The highest BCUT2D eigenvalue weighted by molar-refractivity contribution is 5.79. The fourth-order valence-corrected chi connectivity index (χ4v) is 2.30. The minimum atomic E-state index is 0.264. The molecule has 2 nitrogen and oxygen atoms in total. The van der Waals surface area contributed by atoms with Crippen molar-refractivity contribution in [2.45, 2.75) is 38.6 Å². The van der Waals surface area contributed by atoms with Crippen molar-refractivity contribution in [3.63, 3.8) is 0 Å². The third kappa shape index (κ3) is 3.42. The van der Waals surface area contributed by atoms with Crippen LogP contribution in [0.4, 0.5) is 0 Å². The van der Waals surface area contributed by atoms with Gasteiger partial charge in [-0.2, -0.15) is 5.26 Å². The molecule has 17 heavy (non-hydrogen) atoms. The van der Waals surface area contributed by atoms with E-state index in [4.69, 9.17) is 5.26 Å². The van der Waals surface area contributed by atoms with Gasteiger partial charge in [-0.25, -0.2) is 0 Å². The van der Waals surface area contributed by atoms with Gasteiger partial charge >= 0.3 is 0 Å². The molecule has 1 aliphatic rings. The zero-order valence-corrected chi connectivity index (χ0v) is 10.3. The van der Waals surface area contributed by atoms with Crippen LogP contribution in [0.15, 0.2) is 29.3 Å². The van der Waals surface area contributed by atoms with Gasteiger partial charge in [-0.05, 0) is 38.2 Å². The van der Waals surface area contributed by atoms with Crippen LogP contribution in [0.3, 0.4) is 0 Å². The monoisotopic (exact) mass is 226 g/mol. The predicted molar refractivity (Wildman–Crippen MR) is 70.1 cm³/mol. The molecule has 0 atom stereocenters. The maximum atomic E-state index is 8.83. The number of aryl methyl sites for hydroxylation is 1.